The molecule has 0 aliphatic carbocycles. The first-order chi connectivity index (χ1) is 12.7. The molecule has 1 rings (SSSR count). The van der Waals surface area contributed by atoms with Crippen LogP contribution in [0.4, 0.5) is 13.2 Å². The number of halogens is 3. The third kappa shape index (κ3) is 6.63. The summed E-state index contributed by atoms with van der Waals surface area (Å²) >= 11 is 0. The quantitative estimate of drug-likeness (QED) is 0.526. The van der Waals surface area contributed by atoms with Crippen LogP contribution in [0.25, 0.3) is 0 Å². The van der Waals surface area contributed by atoms with Crippen LogP contribution in [0.15, 0.2) is 24.3 Å². The molecule has 0 aromatic heterocycles. The number of esters is 1. The number of methoxy groups -OCH3 is 1. The van der Waals surface area contributed by atoms with Gasteiger partial charge in [-0.15, -0.1) is 0 Å². The number of hydrogen-bond donors (Lipinski definition) is 1. The maximum absolute atomic E-state index is 12.6. The van der Waals surface area contributed by atoms with Gasteiger partial charge in [-0.3, -0.25) is 4.79 Å². The van der Waals surface area contributed by atoms with E-state index in [1.54, 1.807) is 0 Å². The molecule has 0 saturated carbocycles. The van der Waals surface area contributed by atoms with E-state index in [1.165, 1.54) is 7.11 Å². The summed E-state index contributed by atoms with van der Waals surface area (Å²) in [6, 6.07) is 2.83. The van der Waals surface area contributed by atoms with E-state index in [2.05, 4.69) is 39.2 Å². The third-order valence-corrected chi connectivity index (χ3v) is 9.48. The summed E-state index contributed by atoms with van der Waals surface area (Å²) in [7, 11) is -0.813. The maximum atomic E-state index is 12.6. The molecule has 0 saturated heterocycles. The molecule has 1 atom stereocenters. The van der Waals surface area contributed by atoms with Crippen molar-refractivity contribution in [2.45, 2.75) is 57.5 Å². The van der Waals surface area contributed by atoms with Crippen LogP contribution in [-0.2, 0) is 20.1 Å². The molecule has 0 bridgehead atoms. The molecule has 0 unspecified atom stereocenters. The zero-order valence-corrected chi connectivity index (χ0v) is 18.1. The van der Waals surface area contributed by atoms with Gasteiger partial charge in [0.15, 0.2) is 8.32 Å². The van der Waals surface area contributed by atoms with Crippen molar-refractivity contribution >= 4 is 20.2 Å². The fourth-order valence-electron chi connectivity index (χ4n) is 2.09. The summed E-state index contributed by atoms with van der Waals surface area (Å²) in [4.78, 5) is 24.3. The predicted octanol–water partition coefficient (Wildman–Crippen LogP) is 4.39. The largest absolute Gasteiger partial charge is 0.467 e. The summed E-state index contributed by atoms with van der Waals surface area (Å²) in [6.07, 6.45) is -4.28. The van der Waals surface area contributed by atoms with E-state index in [9.17, 15) is 22.8 Å². The lowest BCUT2D eigenvalue weighted by atomic mass is 10.1. The van der Waals surface area contributed by atoms with Gasteiger partial charge in [0.25, 0.3) is 5.91 Å². The molecule has 9 heteroatoms. The molecule has 0 aliphatic heterocycles. The number of rotatable bonds is 7. The smallest absolute Gasteiger partial charge is 0.416 e. The Kier molecular flexibility index (Phi) is 7.84. The van der Waals surface area contributed by atoms with Crippen molar-refractivity contribution in [1.29, 1.82) is 0 Å². The Labute approximate surface area is 164 Å². The van der Waals surface area contributed by atoms with Crippen LogP contribution in [0, 0.1) is 0 Å². The van der Waals surface area contributed by atoms with Gasteiger partial charge in [-0.05, 0) is 42.4 Å². The summed E-state index contributed by atoms with van der Waals surface area (Å²) in [6.45, 7) is 10.7. The van der Waals surface area contributed by atoms with E-state index >= 15 is 0 Å². The van der Waals surface area contributed by atoms with Gasteiger partial charge in [-0.2, -0.15) is 13.2 Å². The van der Waals surface area contributed by atoms with Gasteiger partial charge in [0.2, 0.25) is 0 Å². The fourth-order valence-corrected chi connectivity index (χ4v) is 3.15. The molecule has 0 spiro atoms. The summed E-state index contributed by atoms with van der Waals surface area (Å²) in [5.41, 5.74) is -0.830. The molecule has 0 radical (unpaired) electrons. The molecule has 158 valence electrons. The zero-order valence-electron chi connectivity index (χ0n) is 17.1. The normalized spacial score (nSPS) is 13.8. The van der Waals surface area contributed by atoms with Crippen molar-refractivity contribution < 1.29 is 31.9 Å². The number of ether oxygens (including phenoxy) is 1. The first-order valence-electron chi connectivity index (χ1n) is 8.89. The second-order valence-electron chi connectivity index (χ2n) is 8.02. The van der Waals surface area contributed by atoms with Gasteiger partial charge in [-0.25, -0.2) is 4.79 Å². The van der Waals surface area contributed by atoms with Crippen molar-refractivity contribution in [2.24, 2.45) is 0 Å². The highest BCUT2D eigenvalue weighted by Gasteiger charge is 2.37. The van der Waals surface area contributed by atoms with Gasteiger partial charge >= 0.3 is 12.1 Å². The number of alkyl halides is 3. The topological polar surface area (TPSA) is 64.6 Å². The van der Waals surface area contributed by atoms with Crippen LogP contribution < -0.4 is 5.32 Å². The molecule has 1 aromatic carbocycles. The van der Waals surface area contributed by atoms with E-state index in [0.717, 1.165) is 24.3 Å². The summed E-state index contributed by atoms with van der Waals surface area (Å²) in [5.74, 6) is -1.30. The minimum atomic E-state index is -4.48. The maximum Gasteiger partial charge on any atom is 0.416 e. The molecule has 0 heterocycles. The molecule has 28 heavy (non-hydrogen) atoms. The molecule has 5 nitrogen and oxygen atoms in total. The SMILES string of the molecule is COC(=O)[C@@H](CCO[Si](C)(C)C(C)(C)C)NC(=O)c1ccc(C(F)(F)F)cc1. The number of benzene rings is 1. The molecule has 0 aliphatic rings. The Morgan fingerprint density at radius 3 is 2.07 bits per heavy atom. The van der Waals surface area contributed by atoms with Crippen molar-refractivity contribution in [1.82, 2.24) is 5.32 Å². The van der Waals surface area contributed by atoms with Gasteiger partial charge < -0.3 is 14.5 Å². The number of hydrogen-bond acceptors (Lipinski definition) is 4. The monoisotopic (exact) mass is 419 g/mol. The second-order valence-corrected chi connectivity index (χ2v) is 12.8. The van der Waals surface area contributed by atoms with Crippen LogP contribution in [0.2, 0.25) is 18.1 Å². The molecular formula is C19H28F3NO4Si. The number of carbonyl (C=O) groups excluding carboxylic acids is 2. The third-order valence-electron chi connectivity index (χ3n) is 4.94. The highest BCUT2D eigenvalue weighted by atomic mass is 28.4. The lowest BCUT2D eigenvalue weighted by molar-refractivity contribution is -0.143. The average Bonchev–Trinajstić information content (AvgIpc) is 2.58. The highest BCUT2D eigenvalue weighted by Crippen LogP contribution is 2.36. The lowest BCUT2D eigenvalue weighted by Crippen LogP contribution is -2.45. The fraction of sp³-hybridized carbons (Fsp3) is 0.579. The van der Waals surface area contributed by atoms with Crippen LogP contribution in [0.1, 0.15) is 43.1 Å². The molecule has 1 amide bonds. The van der Waals surface area contributed by atoms with Gasteiger partial charge in [0.1, 0.15) is 6.04 Å². The second kappa shape index (κ2) is 9.08. The van der Waals surface area contributed by atoms with E-state index in [1.807, 2.05) is 0 Å². The Hall–Kier alpha value is -1.87. The van der Waals surface area contributed by atoms with Gasteiger partial charge in [-0.1, -0.05) is 20.8 Å². The van der Waals surface area contributed by atoms with Crippen LogP contribution >= 0.6 is 0 Å². The molecule has 1 N–H and O–H groups in total. The van der Waals surface area contributed by atoms with Crippen LogP contribution in [0.3, 0.4) is 0 Å². The first-order valence-corrected chi connectivity index (χ1v) is 11.8. The van der Waals surface area contributed by atoms with E-state index < -0.39 is 38.0 Å². The summed E-state index contributed by atoms with van der Waals surface area (Å²) < 4.78 is 48.6. The molecule has 0 fully saturated rings. The van der Waals surface area contributed by atoms with E-state index in [0.29, 0.717) is 0 Å². The predicted molar refractivity (Wildman–Crippen MR) is 102 cm³/mol. The standard InChI is InChI=1S/C19H28F3NO4Si/c1-18(2,3)28(5,6)27-12-11-15(17(25)26-4)23-16(24)13-7-9-14(10-8-13)19(20,21)22/h7-10,15H,11-12H2,1-6H3,(H,23,24)/t15-/m1/s1. The van der Waals surface area contributed by atoms with Crippen molar-refractivity contribution in [2.75, 3.05) is 13.7 Å². The Balaban J connectivity index is 2.78. The minimum absolute atomic E-state index is 0.00274. The van der Waals surface area contributed by atoms with Gasteiger partial charge in [0, 0.05) is 18.6 Å². The highest BCUT2D eigenvalue weighted by molar-refractivity contribution is 6.74. The minimum Gasteiger partial charge on any atom is -0.467 e. The zero-order chi connectivity index (χ0) is 21.8. The van der Waals surface area contributed by atoms with E-state index in [-0.39, 0.29) is 23.6 Å². The Bertz CT molecular complexity index is 682. The number of amides is 1. The lowest BCUT2D eigenvalue weighted by Gasteiger charge is -2.36. The Morgan fingerprint density at radius 1 is 1.11 bits per heavy atom. The molecular weight excluding hydrogens is 391 g/mol. The number of nitrogens with one attached hydrogen (secondary N) is 1. The summed E-state index contributed by atoms with van der Waals surface area (Å²) in [5, 5.41) is 2.51. The van der Waals surface area contributed by atoms with Crippen LogP contribution in [-0.4, -0.2) is 40.0 Å². The number of carbonyl (C=O) groups is 2. The van der Waals surface area contributed by atoms with Crippen molar-refractivity contribution in [3.63, 3.8) is 0 Å². The first kappa shape index (κ1) is 24.2. The van der Waals surface area contributed by atoms with Crippen molar-refractivity contribution in [3.05, 3.63) is 35.4 Å². The molecule has 1 aromatic rings. The Morgan fingerprint density at radius 2 is 1.64 bits per heavy atom. The van der Waals surface area contributed by atoms with E-state index in [4.69, 9.17) is 9.16 Å². The van der Waals surface area contributed by atoms with Gasteiger partial charge in [0.05, 0.1) is 12.7 Å². The van der Waals surface area contributed by atoms with Crippen LogP contribution in [0.5, 0.6) is 0 Å². The van der Waals surface area contributed by atoms with Crippen molar-refractivity contribution in [3.8, 4) is 0 Å². The average molecular weight is 420 g/mol.